The Hall–Kier alpha value is -1.10. The molecule has 1 aliphatic heterocycles. The largest absolute Gasteiger partial charge is 0.325 e. The van der Waals surface area contributed by atoms with E-state index in [0.29, 0.717) is 19.1 Å². The van der Waals surface area contributed by atoms with Crippen molar-refractivity contribution in [2.45, 2.75) is 57.5 Å². The first kappa shape index (κ1) is 13.3. The van der Waals surface area contributed by atoms with E-state index in [1.807, 2.05) is 0 Å². The second-order valence-corrected chi connectivity index (χ2v) is 5.64. The zero-order valence-electron chi connectivity index (χ0n) is 11.3. The van der Waals surface area contributed by atoms with Crippen LogP contribution in [0.5, 0.6) is 0 Å². The van der Waals surface area contributed by atoms with Gasteiger partial charge in [0.2, 0.25) is 0 Å². The Morgan fingerprint density at radius 3 is 2.56 bits per heavy atom. The van der Waals surface area contributed by atoms with Crippen LogP contribution in [0.15, 0.2) is 0 Å². The molecule has 2 fully saturated rings. The molecule has 5 heteroatoms. The number of carbonyl (C=O) groups excluding carboxylic acids is 2. The van der Waals surface area contributed by atoms with Crippen LogP contribution in [-0.2, 0) is 4.79 Å². The van der Waals surface area contributed by atoms with Gasteiger partial charge < -0.3 is 10.6 Å². The van der Waals surface area contributed by atoms with Gasteiger partial charge in [0.05, 0.1) is 0 Å². The summed E-state index contributed by atoms with van der Waals surface area (Å²) in [4.78, 5) is 25.7. The van der Waals surface area contributed by atoms with Crippen molar-refractivity contribution in [3.8, 4) is 0 Å². The summed E-state index contributed by atoms with van der Waals surface area (Å²) in [6.45, 7) is 5.22. The Morgan fingerprint density at radius 1 is 1.28 bits per heavy atom. The molecule has 102 valence electrons. The number of rotatable bonds is 4. The van der Waals surface area contributed by atoms with Crippen molar-refractivity contribution in [3.05, 3.63) is 0 Å². The third kappa shape index (κ3) is 2.51. The summed E-state index contributed by atoms with van der Waals surface area (Å²) < 4.78 is 0. The van der Waals surface area contributed by atoms with Crippen molar-refractivity contribution in [2.24, 2.45) is 0 Å². The summed E-state index contributed by atoms with van der Waals surface area (Å²) in [6, 6.07) is 0.155. The quantitative estimate of drug-likeness (QED) is 0.741. The SMILES string of the molecule is CC(C)NCCN1C(=O)NC2(CCCCC2)C1=O. The molecule has 0 unspecified atom stereocenters. The number of imide groups is 1. The maximum Gasteiger partial charge on any atom is 0.325 e. The predicted octanol–water partition coefficient (Wildman–Crippen LogP) is 1.24. The molecule has 1 saturated heterocycles. The lowest BCUT2D eigenvalue weighted by atomic mass is 9.82. The van der Waals surface area contributed by atoms with Crippen molar-refractivity contribution in [2.75, 3.05) is 13.1 Å². The topological polar surface area (TPSA) is 61.4 Å². The number of hydrogen-bond donors (Lipinski definition) is 2. The summed E-state index contributed by atoms with van der Waals surface area (Å²) >= 11 is 0. The third-order valence-electron chi connectivity index (χ3n) is 3.84. The Balaban J connectivity index is 1.96. The van der Waals surface area contributed by atoms with E-state index in [0.717, 1.165) is 25.7 Å². The van der Waals surface area contributed by atoms with Gasteiger partial charge in [-0.05, 0) is 12.8 Å². The first-order chi connectivity index (χ1) is 8.55. The van der Waals surface area contributed by atoms with Crippen LogP contribution in [0.3, 0.4) is 0 Å². The Morgan fingerprint density at radius 2 is 1.94 bits per heavy atom. The van der Waals surface area contributed by atoms with Gasteiger partial charge in [0, 0.05) is 19.1 Å². The number of nitrogens with zero attached hydrogens (tertiary/aromatic N) is 1. The zero-order chi connectivity index (χ0) is 13.2. The van der Waals surface area contributed by atoms with Crippen LogP contribution in [0.2, 0.25) is 0 Å². The molecule has 0 aromatic carbocycles. The number of amides is 3. The van der Waals surface area contributed by atoms with Gasteiger partial charge in [-0.1, -0.05) is 33.1 Å². The molecule has 0 aromatic heterocycles. The molecular formula is C13H23N3O2. The fourth-order valence-electron chi connectivity index (χ4n) is 2.84. The van der Waals surface area contributed by atoms with E-state index in [-0.39, 0.29) is 11.9 Å². The van der Waals surface area contributed by atoms with Crippen LogP contribution in [0.4, 0.5) is 4.79 Å². The van der Waals surface area contributed by atoms with Crippen molar-refractivity contribution in [3.63, 3.8) is 0 Å². The molecule has 3 amide bonds. The van der Waals surface area contributed by atoms with Crippen LogP contribution < -0.4 is 10.6 Å². The maximum absolute atomic E-state index is 12.4. The molecule has 0 atom stereocenters. The third-order valence-corrected chi connectivity index (χ3v) is 3.84. The number of carbonyl (C=O) groups is 2. The minimum absolute atomic E-state index is 0.0160. The van der Waals surface area contributed by atoms with Crippen LogP contribution in [-0.4, -0.2) is 41.5 Å². The van der Waals surface area contributed by atoms with Crippen LogP contribution in [0.25, 0.3) is 0 Å². The molecule has 2 aliphatic rings. The van der Waals surface area contributed by atoms with Gasteiger partial charge in [0.25, 0.3) is 5.91 Å². The van der Waals surface area contributed by atoms with Crippen LogP contribution >= 0.6 is 0 Å². The summed E-state index contributed by atoms with van der Waals surface area (Å²) in [5, 5.41) is 6.15. The second kappa shape index (κ2) is 5.26. The number of hydrogen-bond acceptors (Lipinski definition) is 3. The van der Waals surface area contributed by atoms with Gasteiger partial charge in [-0.25, -0.2) is 4.79 Å². The van der Waals surface area contributed by atoms with E-state index in [2.05, 4.69) is 24.5 Å². The van der Waals surface area contributed by atoms with Crippen LogP contribution in [0.1, 0.15) is 46.0 Å². The molecule has 0 bridgehead atoms. The summed E-state index contributed by atoms with van der Waals surface area (Å²) in [5.41, 5.74) is -0.576. The lowest BCUT2D eigenvalue weighted by Crippen LogP contribution is -2.48. The summed E-state index contributed by atoms with van der Waals surface area (Å²) in [7, 11) is 0. The van der Waals surface area contributed by atoms with Crippen molar-refractivity contribution in [1.82, 2.24) is 15.5 Å². The first-order valence-electron chi connectivity index (χ1n) is 6.93. The molecule has 5 nitrogen and oxygen atoms in total. The van der Waals surface area contributed by atoms with Gasteiger partial charge in [-0.2, -0.15) is 0 Å². The Kier molecular flexibility index (Phi) is 3.90. The zero-order valence-corrected chi connectivity index (χ0v) is 11.3. The fourth-order valence-corrected chi connectivity index (χ4v) is 2.84. The highest BCUT2D eigenvalue weighted by Crippen LogP contribution is 2.33. The minimum atomic E-state index is -0.576. The fraction of sp³-hybridized carbons (Fsp3) is 0.846. The van der Waals surface area contributed by atoms with E-state index in [1.54, 1.807) is 0 Å². The molecule has 0 radical (unpaired) electrons. The second-order valence-electron chi connectivity index (χ2n) is 5.64. The molecule has 1 heterocycles. The monoisotopic (exact) mass is 253 g/mol. The van der Waals surface area contributed by atoms with Gasteiger partial charge in [0.15, 0.2) is 0 Å². The first-order valence-corrected chi connectivity index (χ1v) is 6.93. The number of urea groups is 1. The van der Waals surface area contributed by atoms with E-state index >= 15 is 0 Å². The maximum atomic E-state index is 12.4. The Bertz CT molecular complexity index is 335. The average Bonchev–Trinajstić information content (AvgIpc) is 2.54. The lowest BCUT2D eigenvalue weighted by Gasteiger charge is -2.30. The van der Waals surface area contributed by atoms with E-state index in [1.165, 1.54) is 11.3 Å². The Labute approximate surface area is 108 Å². The molecule has 1 aliphatic carbocycles. The van der Waals surface area contributed by atoms with Crippen molar-refractivity contribution < 1.29 is 9.59 Å². The highest BCUT2D eigenvalue weighted by Gasteiger charge is 2.50. The number of nitrogens with one attached hydrogen (secondary N) is 2. The van der Waals surface area contributed by atoms with Gasteiger partial charge in [0.1, 0.15) is 5.54 Å². The van der Waals surface area contributed by atoms with E-state index in [9.17, 15) is 9.59 Å². The molecule has 2 rings (SSSR count). The normalized spacial score (nSPS) is 22.9. The average molecular weight is 253 g/mol. The molecule has 2 N–H and O–H groups in total. The standard InChI is InChI=1S/C13H23N3O2/c1-10(2)14-8-9-16-11(17)13(15-12(16)18)6-4-3-5-7-13/h10,14H,3-9H2,1-2H3,(H,15,18). The van der Waals surface area contributed by atoms with Gasteiger partial charge in [-0.3, -0.25) is 9.69 Å². The highest BCUT2D eigenvalue weighted by molar-refractivity contribution is 6.07. The van der Waals surface area contributed by atoms with E-state index < -0.39 is 5.54 Å². The molecule has 18 heavy (non-hydrogen) atoms. The molecule has 1 saturated carbocycles. The van der Waals surface area contributed by atoms with Crippen LogP contribution in [0, 0.1) is 0 Å². The van der Waals surface area contributed by atoms with E-state index in [4.69, 9.17) is 0 Å². The van der Waals surface area contributed by atoms with Crippen molar-refractivity contribution >= 4 is 11.9 Å². The highest BCUT2D eigenvalue weighted by atomic mass is 16.2. The van der Waals surface area contributed by atoms with Gasteiger partial charge >= 0.3 is 6.03 Å². The molecular weight excluding hydrogens is 230 g/mol. The summed E-state index contributed by atoms with van der Waals surface area (Å²) in [6.07, 6.45) is 4.82. The minimum Gasteiger partial charge on any atom is -0.323 e. The predicted molar refractivity (Wildman–Crippen MR) is 69.2 cm³/mol. The smallest absolute Gasteiger partial charge is 0.323 e. The van der Waals surface area contributed by atoms with Crippen molar-refractivity contribution in [1.29, 1.82) is 0 Å². The molecule has 1 spiro atoms. The summed E-state index contributed by atoms with van der Waals surface area (Å²) in [5.74, 6) is -0.0160. The van der Waals surface area contributed by atoms with Gasteiger partial charge in [-0.15, -0.1) is 0 Å². The lowest BCUT2D eigenvalue weighted by molar-refractivity contribution is -0.132. The molecule has 0 aromatic rings.